The summed E-state index contributed by atoms with van der Waals surface area (Å²) in [6, 6.07) is 9.77. The Hall–Kier alpha value is -2.63. The molecule has 0 aliphatic rings. The molecule has 0 radical (unpaired) electrons. The Bertz CT molecular complexity index is 812. The van der Waals surface area contributed by atoms with Gasteiger partial charge in [-0.2, -0.15) is 0 Å². The van der Waals surface area contributed by atoms with E-state index in [2.05, 4.69) is 0 Å². The molecule has 2 amide bonds. The van der Waals surface area contributed by atoms with Gasteiger partial charge < -0.3 is 14.2 Å². The number of benzene rings is 1. The third-order valence-electron chi connectivity index (χ3n) is 4.50. The topological polar surface area (TPSA) is 53.8 Å². The van der Waals surface area contributed by atoms with Crippen LogP contribution in [0.4, 0.5) is 4.39 Å². The molecule has 29 heavy (non-hydrogen) atoms. The molecule has 0 saturated carbocycles. The van der Waals surface area contributed by atoms with Crippen molar-refractivity contribution in [2.75, 3.05) is 13.1 Å². The van der Waals surface area contributed by atoms with Gasteiger partial charge in [0.2, 0.25) is 11.8 Å². The van der Waals surface area contributed by atoms with Crippen molar-refractivity contribution in [2.45, 2.75) is 47.7 Å². The molecule has 2 aromatic rings. The fourth-order valence-electron chi connectivity index (χ4n) is 3.10. The standard InChI is InChI=1S/C23H31FN2O3/c1-16(2)12-26(23(28)17(3)4)15-22(27)25(14-21-11-6-18(5)29-21)13-19-7-9-20(24)10-8-19/h6-11,16-17H,12-15H2,1-5H3. The highest BCUT2D eigenvalue weighted by molar-refractivity contribution is 5.85. The molecule has 0 atom stereocenters. The van der Waals surface area contributed by atoms with Gasteiger partial charge >= 0.3 is 0 Å². The van der Waals surface area contributed by atoms with Crippen LogP contribution in [0.5, 0.6) is 0 Å². The molecule has 0 saturated heterocycles. The molecular weight excluding hydrogens is 371 g/mol. The third kappa shape index (κ3) is 7.04. The van der Waals surface area contributed by atoms with Crippen LogP contribution in [-0.4, -0.2) is 34.7 Å². The van der Waals surface area contributed by atoms with Crippen molar-refractivity contribution in [1.29, 1.82) is 0 Å². The Balaban J connectivity index is 2.21. The Morgan fingerprint density at radius 1 is 0.966 bits per heavy atom. The molecule has 0 spiro atoms. The molecule has 1 aromatic heterocycles. The first-order valence-electron chi connectivity index (χ1n) is 10.0. The number of carbonyl (C=O) groups excluding carboxylic acids is 2. The number of aryl methyl sites for hydroxylation is 1. The first-order chi connectivity index (χ1) is 13.7. The van der Waals surface area contributed by atoms with Crippen molar-refractivity contribution in [3.63, 3.8) is 0 Å². The van der Waals surface area contributed by atoms with Gasteiger partial charge in [-0.25, -0.2) is 4.39 Å². The van der Waals surface area contributed by atoms with E-state index in [9.17, 15) is 14.0 Å². The quantitative estimate of drug-likeness (QED) is 0.625. The number of furan rings is 1. The van der Waals surface area contributed by atoms with Crippen LogP contribution in [0.25, 0.3) is 0 Å². The van der Waals surface area contributed by atoms with E-state index >= 15 is 0 Å². The second-order valence-corrected chi connectivity index (χ2v) is 8.16. The van der Waals surface area contributed by atoms with Crippen LogP contribution in [0.3, 0.4) is 0 Å². The largest absolute Gasteiger partial charge is 0.464 e. The predicted octanol–water partition coefficient (Wildman–Crippen LogP) is 4.40. The van der Waals surface area contributed by atoms with Crippen LogP contribution in [0.2, 0.25) is 0 Å². The lowest BCUT2D eigenvalue weighted by atomic mass is 10.1. The number of rotatable bonds is 9. The lowest BCUT2D eigenvalue weighted by Crippen LogP contribution is -2.45. The summed E-state index contributed by atoms with van der Waals surface area (Å²) in [6.45, 7) is 10.7. The van der Waals surface area contributed by atoms with Crippen molar-refractivity contribution < 1.29 is 18.4 Å². The Morgan fingerprint density at radius 2 is 1.62 bits per heavy atom. The Kier molecular flexibility index (Phi) is 8.00. The number of hydrogen-bond acceptors (Lipinski definition) is 3. The first-order valence-corrected chi connectivity index (χ1v) is 10.0. The molecule has 5 nitrogen and oxygen atoms in total. The van der Waals surface area contributed by atoms with Crippen molar-refractivity contribution in [3.8, 4) is 0 Å². The van der Waals surface area contributed by atoms with E-state index in [0.29, 0.717) is 18.8 Å². The van der Waals surface area contributed by atoms with Crippen LogP contribution in [0.15, 0.2) is 40.8 Å². The number of halogens is 1. The Labute approximate surface area is 172 Å². The van der Waals surface area contributed by atoms with Gasteiger partial charge in [0.05, 0.1) is 13.1 Å². The second kappa shape index (κ2) is 10.2. The molecule has 1 aromatic carbocycles. The van der Waals surface area contributed by atoms with E-state index in [0.717, 1.165) is 11.3 Å². The highest BCUT2D eigenvalue weighted by Crippen LogP contribution is 2.15. The molecule has 6 heteroatoms. The second-order valence-electron chi connectivity index (χ2n) is 8.16. The average molecular weight is 403 g/mol. The summed E-state index contributed by atoms with van der Waals surface area (Å²) >= 11 is 0. The molecular formula is C23H31FN2O3. The van der Waals surface area contributed by atoms with Gasteiger partial charge in [-0.05, 0) is 42.7 Å². The van der Waals surface area contributed by atoms with E-state index in [-0.39, 0.29) is 42.6 Å². The summed E-state index contributed by atoms with van der Waals surface area (Å²) in [4.78, 5) is 29.0. The van der Waals surface area contributed by atoms with Crippen LogP contribution >= 0.6 is 0 Å². The molecule has 0 bridgehead atoms. The zero-order chi connectivity index (χ0) is 21.6. The van der Waals surface area contributed by atoms with Crippen LogP contribution in [-0.2, 0) is 22.7 Å². The minimum absolute atomic E-state index is 0.01000. The molecule has 0 fully saturated rings. The van der Waals surface area contributed by atoms with Crippen molar-refractivity contribution in [2.24, 2.45) is 11.8 Å². The van der Waals surface area contributed by atoms with Gasteiger partial charge in [0.15, 0.2) is 0 Å². The summed E-state index contributed by atoms with van der Waals surface area (Å²) in [5.41, 5.74) is 0.814. The monoisotopic (exact) mass is 402 g/mol. The minimum Gasteiger partial charge on any atom is -0.464 e. The van der Waals surface area contributed by atoms with Crippen molar-refractivity contribution in [3.05, 3.63) is 59.3 Å². The number of amides is 2. The fourth-order valence-corrected chi connectivity index (χ4v) is 3.10. The van der Waals surface area contributed by atoms with Crippen LogP contribution in [0.1, 0.15) is 44.8 Å². The summed E-state index contributed by atoms with van der Waals surface area (Å²) in [5, 5.41) is 0. The SMILES string of the molecule is Cc1ccc(CN(Cc2ccc(F)cc2)C(=O)CN(CC(C)C)C(=O)C(C)C)o1. The normalized spacial score (nSPS) is 11.2. The van der Waals surface area contributed by atoms with Gasteiger partial charge in [-0.3, -0.25) is 9.59 Å². The summed E-state index contributed by atoms with van der Waals surface area (Å²) in [5.74, 6) is 0.984. The molecule has 0 unspecified atom stereocenters. The highest BCUT2D eigenvalue weighted by atomic mass is 19.1. The molecule has 0 aliphatic carbocycles. The zero-order valence-corrected chi connectivity index (χ0v) is 17.9. The van der Waals surface area contributed by atoms with E-state index in [1.54, 1.807) is 21.9 Å². The maximum Gasteiger partial charge on any atom is 0.242 e. The van der Waals surface area contributed by atoms with Gasteiger partial charge in [0, 0.05) is 19.0 Å². The number of hydrogen-bond donors (Lipinski definition) is 0. The smallest absolute Gasteiger partial charge is 0.242 e. The van der Waals surface area contributed by atoms with Gasteiger partial charge in [-0.15, -0.1) is 0 Å². The van der Waals surface area contributed by atoms with E-state index in [1.165, 1.54) is 12.1 Å². The van der Waals surface area contributed by atoms with E-state index in [1.807, 2.05) is 46.8 Å². The average Bonchev–Trinajstić information content (AvgIpc) is 3.06. The van der Waals surface area contributed by atoms with Gasteiger partial charge in [0.25, 0.3) is 0 Å². The maximum absolute atomic E-state index is 13.3. The molecule has 0 N–H and O–H groups in total. The third-order valence-corrected chi connectivity index (χ3v) is 4.50. The summed E-state index contributed by atoms with van der Waals surface area (Å²) < 4.78 is 18.9. The predicted molar refractivity (Wildman–Crippen MR) is 110 cm³/mol. The number of nitrogens with zero attached hydrogens (tertiary/aromatic N) is 2. The fraction of sp³-hybridized carbons (Fsp3) is 0.478. The van der Waals surface area contributed by atoms with E-state index in [4.69, 9.17) is 4.42 Å². The molecule has 0 aliphatic heterocycles. The van der Waals surface area contributed by atoms with E-state index < -0.39 is 0 Å². The minimum atomic E-state index is -0.320. The van der Waals surface area contributed by atoms with Gasteiger partial charge in [-0.1, -0.05) is 39.8 Å². The van der Waals surface area contributed by atoms with Crippen LogP contribution in [0, 0.1) is 24.6 Å². The number of carbonyl (C=O) groups is 2. The Morgan fingerprint density at radius 3 is 2.14 bits per heavy atom. The lowest BCUT2D eigenvalue weighted by Gasteiger charge is -2.29. The molecule has 2 rings (SSSR count). The maximum atomic E-state index is 13.3. The highest BCUT2D eigenvalue weighted by Gasteiger charge is 2.24. The van der Waals surface area contributed by atoms with Crippen molar-refractivity contribution >= 4 is 11.8 Å². The van der Waals surface area contributed by atoms with Crippen LogP contribution < -0.4 is 0 Å². The van der Waals surface area contributed by atoms with Gasteiger partial charge in [0.1, 0.15) is 17.3 Å². The summed E-state index contributed by atoms with van der Waals surface area (Å²) in [7, 11) is 0. The summed E-state index contributed by atoms with van der Waals surface area (Å²) in [6.07, 6.45) is 0. The molecule has 1 heterocycles. The first kappa shape index (κ1) is 22.7. The van der Waals surface area contributed by atoms with Crippen molar-refractivity contribution in [1.82, 2.24) is 9.80 Å². The zero-order valence-electron chi connectivity index (χ0n) is 17.9. The lowest BCUT2D eigenvalue weighted by molar-refractivity contribution is -0.143. The molecule has 158 valence electrons.